The van der Waals surface area contributed by atoms with Crippen LogP contribution in [-0.2, 0) is 6.42 Å². The number of halogens is 4. The van der Waals surface area contributed by atoms with Crippen molar-refractivity contribution in [3.8, 4) is 5.75 Å². The zero-order valence-corrected chi connectivity index (χ0v) is 17.7. The largest absolute Gasteiger partial charge is 0.435 e. The minimum atomic E-state index is -2.85. The van der Waals surface area contributed by atoms with Gasteiger partial charge in [-0.15, -0.1) is 0 Å². The minimum absolute atomic E-state index is 0.119. The van der Waals surface area contributed by atoms with Gasteiger partial charge in [0.1, 0.15) is 17.4 Å². The van der Waals surface area contributed by atoms with Crippen LogP contribution in [0.3, 0.4) is 0 Å². The van der Waals surface area contributed by atoms with Crippen molar-refractivity contribution in [1.82, 2.24) is 0 Å². The summed E-state index contributed by atoms with van der Waals surface area (Å²) in [7, 11) is 0. The molecule has 2 aromatic carbocycles. The summed E-state index contributed by atoms with van der Waals surface area (Å²) >= 11 is 0. The molecule has 1 fully saturated rings. The topological polar surface area (TPSA) is 9.23 Å². The average Bonchev–Trinajstić information content (AvgIpc) is 2.73. The van der Waals surface area contributed by atoms with Gasteiger partial charge in [0.15, 0.2) is 0 Å². The Hall–Kier alpha value is -2.30. The Kier molecular flexibility index (Phi) is 6.68. The van der Waals surface area contributed by atoms with Crippen LogP contribution in [0, 0.1) is 23.5 Å². The molecule has 0 aliphatic heterocycles. The lowest BCUT2D eigenvalue weighted by Gasteiger charge is -2.47. The number of allylic oxidation sites excluding steroid dienone is 2. The Balaban J connectivity index is 1.67. The fourth-order valence-electron chi connectivity index (χ4n) is 5.87. The van der Waals surface area contributed by atoms with Crippen LogP contribution in [0.2, 0.25) is 0 Å². The SMILES string of the molecule is CC=CCCC1CCC2c3cc(F)cc(F)c3CCC2C1c1ccc(OC(F)F)cc1. The molecule has 2 aliphatic rings. The Morgan fingerprint density at radius 3 is 2.55 bits per heavy atom. The van der Waals surface area contributed by atoms with Crippen LogP contribution in [0.15, 0.2) is 48.6 Å². The molecule has 0 spiro atoms. The van der Waals surface area contributed by atoms with Crippen molar-refractivity contribution in [2.75, 3.05) is 0 Å². The van der Waals surface area contributed by atoms with E-state index in [0.717, 1.165) is 49.3 Å². The molecule has 1 saturated carbocycles. The van der Waals surface area contributed by atoms with Crippen molar-refractivity contribution in [3.05, 3.63) is 76.9 Å². The van der Waals surface area contributed by atoms with Crippen LogP contribution in [0.5, 0.6) is 5.75 Å². The molecule has 2 aromatic rings. The molecule has 4 rings (SSSR count). The summed E-state index contributed by atoms with van der Waals surface area (Å²) in [5.41, 5.74) is 2.58. The van der Waals surface area contributed by atoms with Crippen LogP contribution < -0.4 is 4.74 Å². The van der Waals surface area contributed by atoms with Gasteiger partial charge < -0.3 is 4.74 Å². The summed E-state index contributed by atoms with van der Waals surface area (Å²) < 4.78 is 58.1. The lowest BCUT2D eigenvalue weighted by atomic mass is 9.57. The first-order valence-corrected chi connectivity index (χ1v) is 11.1. The van der Waals surface area contributed by atoms with Crippen LogP contribution >= 0.6 is 0 Å². The first-order chi connectivity index (χ1) is 15.0. The summed E-state index contributed by atoms with van der Waals surface area (Å²) in [6, 6.07) is 9.48. The number of ether oxygens (including phenoxy) is 1. The highest BCUT2D eigenvalue weighted by Crippen LogP contribution is 2.55. The lowest BCUT2D eigenvalue weighted by Crippen LogP contribution is -2.35. The third-order valence-corrected chi connectivity index (χ3v) is 7.09. The fraction of sp³-hybridized carbons (Fsp3) is 0.462. The van der Waals surface area contributed by atoms with Gasteiger partial charge in [0, 0.05) is 6.07 Å². The Bertz CT molecular complexity index is 922. The van der Waals surface area contributed by atoms with Crippen LogP contribution in [0.25, 0.3) is 0 Å². The van der Waals surface area contributed by atoms with E-state index in [1.54, 1.807) is 12.1 Å². The molecule has 4 atom stereocenters. The van der Waals surface area contributed by atoms with E-state index < -0.39 is 18.2 Å². The normalized spacial score (nSPS) is 25.5. The lowest BCUT2D eigenvalue weighted by molar-refractivity contribution is -0.0498. The van der Waals surface area contributed by atoms with E-state index >= 15 is 0 Å². The Morgan fingerprint density at radius 2 is 1.84 bits per heavy atom. The van der Waals surface area contributed by atoms with Gasteiger partial charge >= 0.3 is 6.61 Å². The number of alkyl halides is 2. The monoisotopic (exact) mass is 432 g/mol. The quantitative estimate of drug-likeness (QED) is 0.335. The summed E-state index contributed by atoms with van der Waals surface area (Å²) in [4.78, 5) is 0. The highest BCUT2D eigenvalue weighted by Gasteiger charge is 2.43. The van der Waals surface area contributed by atoms with Gasteiger partial charge in [-0.25, -0.2) is 8.78 Å². The number of fused-ring (bicyclic) bond motifs is 3. The van der Waals surface area contributed by atoms with E-state index in [1.807, 2.05) is 19.1 Å². The molecule has 0 radical (unpaired) electrons. The number of hydrogen-bond acceptors (Lipinski definition) is 1. The fourth-order valence-corrected chi connectivity index (χ4v) is 5.87. The van der Waals surface area contributed by atoms with E-state index in [4.69, 9.17) is 0 Å². The van der Waals surface area contributed by atoms with Gasteiger partial charge in [-0.3, -0.25) is 0 Å². The molecule has 4 unspecified atom stereocenters. The van der Waals surface area contributed by atoms with Gasteiger partial charge in [-0.05, 0) is 104 Å². The van der Waals surface area contributed by atoms with Crippen molar-refractivity contribution in [3.63, 3.8) is 0 Å². The molecule has 5 heteroatoms. The van der Waals surface area contributed by atoms with Crippen molar-refractivity contribution in [1.29, 1.82) is 0 Å². The summed E-state index contributed by atoms with van der Waals surface area (Å²) in [6.07, 6.45) is 9.61. The molecule has 0 bridgehead atoms. The first kappa shape index (κ1) is 21.9. The third kappa shape index (κ3) is 4.65. The molecule has 2 aliphatic carbocycles. The molecule has 0 aromatic heterocycles. The van der Waals surface area contributed by atoms with Crippen molar-refractivity contribution in [2.24, 2.45) is 11.8 Å². The number of hydrogen-bond donors (Lipinski definition) is 0. The van der Waals surface area contributed by atoms with Crippen LogP contribution in [-0.4, -0.2) is 6.61 Å². The van der Waals surface area contributed by atoms with Gasteiger partial charge in [-0.1, -0.05) is 24.3 Å². The second kappa shape index (κ2) is 9.46. The van der Waals surface area contributed by atoms with Gasteiger partial charge in [0.25, 0.3) is 0 Å². The molecular formula is C26H28F4O. The standard InChI is InChI=1S/C26H28F4O/c1-2-3-4-5-16-8-11-20-22(13-12-21-23(20)14-18(27)15-24(21)28)25(16)17-6-9-19(10-7-17)31-26(29)30/h2-3,6-7,9-10,14-16,20,22,25-26H,4-5,8,11-13H2,1H3. The van der Waals surface area contributed by atoms with E-state index in [1.165, 1.54) is 6.07 Å². The number of rotatable bonds is 6. The molecule has 166 valence electrons. The maximum Gasteiger partial charge on any atom is 0.387 e. The predicted octanol–water partition coefficient (Wildman–Crippen LogP) is 7.76. The smallest absolute Gasteiger partial charge is 0.387 e. The second-order valence-electron chi connectivity index (χ2n) is 8.72. The maximum absolute atomic E-state index is 14.4. The van der Waals surface area contributed by atoms with Gasteiger partial charge in [-0.2, -0.15) is 8.78 Å². The van der Waals surface area contributed by atoms with Gasteiger partial charge in [0.2, 0.25) is 0 Å². The second-order valence-corrected chi connectivity index (χ2v) is 8.72. The van der Waals surface area contributed by atoms with E-state index in [-0.39, 0.29) is 23.5 Å². The highest BCUT2D eigenvalue weighted by atomic mass is 19.3. The minimum Gasteiger partial charge on any atom is -0.435 e. The molecule has 0 heterocycles. The van der Waals surface area contributed by atoms with E-state index in [0.29, 0.717) is 17.9 Å². The Morgan fingerprint density at radius 1 is 1.06 bits per heavy atom. The maximum atomic E-state index is 14.4. The molecular weight excluding hydrogens is 404 g/mol. The van der Waals surface area contributed by atoms with Crippen LogP contribution in [0.1, 0.15) is 67.6 Å². The highest BCUT2D eigenvalue weighted by molar-refractivity contribution is 5.39. The summed E-state index contributed by atoms with van der Waals surface area (Å²) in [5.74, 6) is 0.262. The summed E-state index contributed by atoms with van der Waals surface area (Å²) in [5, 5.41) is 0. The molecule has 0 saturated heterocycles. The zero-order chi connectivity index (χ0) is 22.0. The summed E-state index contributed by atoms with van der Waals surface area (Å²) in [6.45, 7) is -0.838. The van der Waals surface area contributed by atoms with Crippen molar-refractivity contribution in [2.45, 2.75) is 63.9 Å². The van der Waals surface area contributed by atoms with E-state index in [2.05, 4.69) is 16.9 Å². The molecule has 1 nitrogen and oxygen atoms in total. The van der Waals surface area contributed by atoms with E-state index in [9.17, 15) is 17.6 Å². The Labute approximate surface area is 181 Å². The van der Waals surface area contributed by atoms with Crippen molar-refractivity contribution < 1.29 is 22.3 Å². The predicted molar refractivity (Wildman–Crippen MR) is 113 cm³/mol. The van der Waals surface area contributed by atoms with Crippen LogP contribution in [0.4, 0.5) is 17.6 Å². The zero-order valence-electron chi connectivity index (χ0n) is 17.7. The third-order valence-electron chi connectivity index (χ3n) is 7.09. The number of benzene rings is 2. The first-order valence-electron chi connectivity index (χ1n) is 11.1. The molecule has 0 N–H and O–H groups in total. The average molecular weight is 433 g/mol. The molecule has 31 heavy (non-hydrogen) atoms. The van der Waals surface area contributed by atoms with Crippen molar-refractivity contribution >= 4 is 0 Å². The van der Waals surface area contributed by atoms with Gasteiger partial charge in [0.05, 0.1) is 0 Å². The molecule has 0 amide bonds.